The quantitative estimate of drug-likeness (QED) is 0.332. The van der Waals surface area contributed by atoms with Crippen LogP contribution in [0.3, 0.4) is 0 Å². The van der Waals surface area contributed by atoms with Crippen LogP contribution in [0.5, 0.6) is 5.75 Å². The Balaban J connectivity index is 1.38. The lowest BCUT2D eigenvalue weighted by Crippen LogP contribution is -2.34. The fourth-order valence-electron chi connectivity index (χ4n) is 4.80. The highest BCUT2D eigenvalue weighted by molar-refractivity contribution is 6.29. The molecule has 0 bridgehead atoms. The number of rotatable bonds is 6. The number of aromatic nitrogens is 2. The standard InChI is InChI=1S/C29H25ClFN5O2/c1-38-27-14-19(5-7-24(27)31)3-2-11-35-12-9-25-23(18-35)22-6-4-20(16-32)13-26(22)36(25)29(37)34-17-21-8-10-33-28(30)15-21/h2-8,10,13-15H,9,11-12,17-18H2,1H3,(H,34,37). The number of methoxy groups -OCH3 is 1. The van der Waals surface area contributed by atoms with Gasteiger partial charge in [0.05, 0.1) is 24.3 Å². The lowest BCUT2D eigenvalue weighted by atomic mass is 10.0. The van der Waals surface area contributed by atoms with Crippen LogP contribution in [0.25, 0.3) is 17.0 Å². The highest BCUT2D eigenvalue weighted by Gasteiger charge is 2.26. The Kier molecular flexibility index (Phi) is 7.40. The Bertz CT molecular complexity index is 1590. The molecule has 0 fully saturated rings. The Morgan fingerprint density at radius 1 is 1.26 bits per heavy atom. The van der Waals surface area contributed by atoms with Gasteiger partial charge < -0.3 is 10.1 Å². The van der Waals surface area contributed by atoms with E-state index in [-0.39, 0.29) is 11.8 Å². The lowest BCUT2D eigenvalue weighted by Gasteiger charge is -2.27. The summed E-state index contributed by atoms with van der Waals surface area (Å²) in [6.45, 7) is 2.42. The molecule has 38 heavy (non-hydrogen) atoms. The van der Waals surface area contributed by atoms with Crippen molar-refractivity contribution in [1.29, 1.82) is 5.26 Å². The molecule has 0 atom stereocenters. The van der Waals surface area contributed by atoms with E-state index < -0.39 is 5.82 Å². The zero-order valence-corrected chi connectivity index (χ0v) is 21.5. The number of nitrogens with one attached hydrogen (secondary N) is 1. The zero-order chi connectivity index (χ0) is 26.6. The van der Waals surface area contributed by atoms with E-state index in [0.717, 1.165) is 39.8 Å². The first-order valence-electron chi connectivity index (χ1n) is 12.1. The molecule has 2 aromatic heterocycles. The van der Waals surface area contributed by atoms with Crippen LogP contribution in [0.15, 0.2) is 60.8 Å². The van der Waals surface area contributed by atoms with Crippen LogP contribution in [0.1, 0.15) is 27.9 Å². The summed E-state index contributed by atoms with van der Waals surface area (Å²) in [5, 5.41) is 13.8. The maximum atomic E-state index is 13.7. The third-order valence-corrected chi connectivity index (χ3v) is 6.85. The van der Waals surface area contributed by atoms with E-state index in [1.165, 1.54) is 13.2 Å². The molecule has 1 aliphatic rings. The van der Waals surface area contributed by atoms with Gasteiger partial charge in [0.2, 0.25) is 0 Å². The number of benzene rings is 2. The van der Waals surface area contributed by atoms with Gasteiger partial charge in [-0.05, 0) is 53.1 Å². The van der Waals surface area contributed by atoms with Gasteiger partial charge in [-0.25, -0.2) is 14.2 Å². The van der Waals surface area contributed by atoms with Gasteiger partial charge in [0.15, 0.2) is 11.6 Å². The minimum absolute atomic E-state index is 0.213. The molecule has 0 aliphatic carbocycles. The normalized spacial score (nSPS) is 13.4. The molecule has 0 unspecified atom stereocenters. The average molecular weight is 530 g/mol. The van der Waals surface area contributed by atoms with Gasteiger partial charge in [-0.3, -0.25) is 9.47 Å². The van der Waals surface area contributed by atoms with Crippen LogP contribution < -0.4 is 10.1 Å². The molecule has 1 aliphatic heterocycles. The van der Waals surface area contributed by atoms with E-state index in [1.807, 2.05) is 18.2 Å². The third-order valence-electron chi connectivity index (χ3n) is 6.64. The molecule has 7 nitrogen and oxygen atoms in total. The number of amides is 1. The summed E-state index contributed by atoms with van der Waals surface area (Å²) >= 11 is 5.98. The number of halogens is 2. The lowest BCUT2D eigenvalue weighted by molar-refractivity contribution is 0.240. The highest BCUT2D eigenvalue weighted by Crippen LogP contribution is 2.32. The van der Waals surface area contributed by atoms with E-state index in [9.17, 15) is 14.4 Å². The van der Waals surface area contributed by atoms with Crippen LogP contribution in [0.2, 0.25) is 5.15 Å². The van der Waals surface area contributed by atoms with Crippen LogP contribution in [-0.4, -0.2) is 40.7 Å². The number of nitrogens with zero attached hydrogens (tertiary/aromatic N) is 4. The monoisotopic (exact) mass is 529 g/mol. The van der Waals surface area contributed by atoms with Gasteiger partial charge in [0.1, 0.15) is 5.15 Å². The van der Waals surface area contributed by atoms with Crippen molar-refractivity contribution in [3.63, 3.8) is 0 Å². The molecule has 4 aromatic rings. The van der Waals surface area contributed by atoms with Crippen molar-refractivity contribution >= 4 is 34.6 Å². The van der Waals surface area contributed by atoms with Crippen LogP contribution in [0, 0.1) is 17.1 Å². The van der Waals surface area contributed by atoms with Crippen LogP contribution in [0.4, 0.5) is 9.18 Å². The molecular weight excluding hydrogens is 505 g/mol. The fourth-order valence-corrected chi connectivity index (χ4v) is 4.99. The first-order chi connectivity index (χ1) is 18.5. The van der Waals surface area contributed by atoms with Crippen molar-refractivity contribution in [3.05, 3.63) is 99.7 Å². The minimum atomic E-state index is -0.391. The van der Waals surface area contributed by atoms with Crippen molar-refractivity contribution in [2.24, 2.45) is 0 Å². The summed E-state index contributed by atoms with van der Waals surface area (Å²) in [6.07, 6.45) is 6.26. The SMILES string of the molecule is COc1cc(C=CCN2CCc3c(c4ccc(C#N)cc4n3C(=O)NCc3ccnc(Cl)c3)C2)ccc1F. The summed E-state index contributed by atoms with van der Waals surface area (Å²) in [4.78, 5) is 19.7. The van der Waals surface area contributed by atoms with Crippen molar-refractivity contribution in [3.8, 4) is 11.8 Å². The maximum absolute atomic E-state index is 13.7. The predicted octanol–water partition coefficient (Wildman–Crippen LogP) is 5.54. The first-order valence-corrected chi connectivity index (χ1v) is 12.5. The molecule has 0 radical (unpaired) electrons. The van der Waals surface area contributed by atoms with Crippen molar-refractivity contribution in [1.82, 2.24) is 19.8 Å². The van der Waals surface area contributed by atoms with Gasteiger partial charge in [0.25, 0.3) is 0 Å². The highest BCUT2D eigenvalue weighted by atomic mass is 35.5. The van der Waals surface area contributed by atoms with Crippen molar-refractivity contribution in [2.75, 3.05) is 20.2 Å². The number of hydrogen-bond acceptors (Lipinski definition) is 5. The summed E-state index contributed by atoms with van der Waals surface area (Å²) in [7, 11) is 1.45. The van der Waals surface area contributed by atoms with Gasteiger partial charge in [-0.2, -0.15) is 5.26 Å². The molecule has 1 N–H and O–H groups in total. The number of fused-ring (bicyclic) bond motifs is 3. The van der Waals surface area contributed by atoms with Crippen molar-refractivity contribution in [2.45, 2.75) is 19.5 Å². The molecule has 0 saturated heterocycles. The van der Waals surface area contributed by atoms with E-state index >= 15 is 0 Å². The van der Waals surface area contributed by atoms with Gasteiger partial charge in [0, 0.05) is 49.9 Å². The number of hydrogen-bond donors (Lipinski definition) is 1. The van der Waals surface area contributed by atoms with Gasteiger partial charge in [-0.15, -0.1) is 0 Å². The summed E-state index contributed by atoms with van der Waals surface area (Å²) in [5.41, 5.74) is 4.94. The second-order valence-electron chi connectivity index (χ2n) is 9.03. The number of carbonyl (C=O) groups excluding carboxylic acids is 1. The fraction of sp³-hybridized carbons (Fsp3) is 0.207. The largest absolute Gasteiger partial charge is 0.494 e. The summed E-state index contributed by atoms with van der Waals surface area (Å²) < 4.78 is 20.5. The van der Waals surface area contributed by atoms with E-state index in [0.29, 0.717) is 36.8 Å². The molecule has 0 spiro atoms. The number of pyridine rings is 1. The molecule has 5 rings (SSSR count). The van der Waals surface area contributed by atoms with Crippen LogP contribution >= 0.6 is 11.6 Å². The van der Waals surface area contributed by atoms with E-state index in [1.54, 1.807) is 47.2 Å². The predicted molar refractivity (Wildman–Crippen MR) is 145 cm³/mol. The second kappa shape index (κ2) is 11.1. The molecule has 0 saturated carbocycles. The van der Waals surface area contributed by atoms with Gasteiger partial charge in [-0.1, -0.05) is 35.9 Å². The Morgan fingerprint density at radius 2 is 2.13 bits per heavy atom. The number of carbonyl (C=O) groups is 1. The Morgan fingerprint density at radius 3 is 2.92 bits per heavy atom. The smallest absolute Gasteiger partial charge is 0.326 e. The van der Waals surface area contributed by atoms with Crippen LogP contribution in [-0.2, 0) is 19.5 Å². The summed E-state index contributed by atoms with van der Waals surface area (Å²) in [5.74, 6) is -0.178. The minimum Gasteiger partial charge on any atom is -0.494 e. The van der Waals surface area contributed by atoms with Gasteiger partial charge >= 0.3 is 6.03 Å². The third kappa shape index (κ3) is 5.25. The van der Waals surface area contributed by atoms with E-state index in [2.05, 4.69) is 21.3 Å². The zero-order valence-electron chi connectivity index (χ0n) is 20.7. The Hall–Kier alpha value is -4.19. The molecule has 1 amide bonds. The van der Waals surface area contributed by atoms with E-state index in [4.69, 9.17) is 16.3 Å². The van der Waals surface area contributed by atoms with Crippen molar-refractivity contribution < 1.29 is 13.9 Å². The molecule has 2 aromatic carbocycles. The number of nitriles is 1. The molecule has 192 valence electrons. The number of ether oxygens (including phenoxy) is 1. The average Bonchev–Trinajstić information content (AvgIpc) is 3.25. The molecule has 9 heteroatoms. The summed E-state index contributed by atoms with van der Waals surface area (Å²) in [6, 6.07) is 15.7. The molecular formula is C29H25ClFN5O2. The first kappa shape index (κ1) is 25.5. The maximum Gasteiger partial charge on any atom is 0.326 e. The topological polar surface area (TPSA) is 83.2 Å². The molecule has 3 heterocycles. The Labute approximate surface area is 224 Å². The second-order valence-corrected chi connectivity index (χ2v) is 9.42.